The Morgan fingerprint density at radius 3 is 2.60 bits per heavy atom. The molecule has 1 aliphatic rings. The quantitative estimate of drug-likeness (QED) is 0.604. The van der Waals surface area contributed by atoms with Crippen LogP contribution in [0.25, 0.3) is 0 Å². The first-order valence-corrected chi connectivity index (χ1v) is 3.60. The van der Waals surface area contributed by atoms with E-state index >= 15 is 0 Å². The molecule has 60 valence electrons. The van der Waals surface area contributed by atoms with Gasteiger partial charge in [-0.05, 0) is 20.0 Å². The first kappa shape index (κ1) is 7.98. The molecule has 0 unspecified atom stereocenters. The van der Waals surface area contributed by atoms with Gasteiger partial charge < -0.3 is 14.8 Å². The third-order valence-electron chi connectivity index (χ3n) is 1.99. The second-order valence-corrected chi connectivity index (χ2v) is 2.73. The lowest BCUT2D eigenvalue weighted by Crippen LogP contribution is -2.52. The van der Waals surface area contributed by atoms with Crippen LogP contribution in [0.15, 0.2) is 0 Å². The summed E-state index contributed by atoms with van der Waals surface area (Å²) in [7, 11) is 3.70. The van der Waals surface area contributed by atoms with Crippen molar-refractivity contribution < 1.29 is 9.47 Å². The second-order valence-electron chi connectivity index (χ2n) is 2.73. The Morgan fingerprint density at radius 1 is 1.60 bits per heavy atom. The summed E-state index contributed by atoms with van der Waals surface area (Å²) < 4.78 is 10.4. The molecule has 0 radical (unpaired) electrons. The molecule has 0 aromatic heterocycles. The van der Waals surface area contributed by atoms with Crippen molar-refractivity contribution >= 4 is 0 Å². The van der Waals surface area contributed by atoms with Crippen LogP contribution in [0.5, 0.6) is 0 Å². The molecule has 1 heterocycles. The van der Waals surface area contributed by atoms with E-state index in [1.54, 1.807) is 7.11 Å². The molecule has 10 heavy (non-hydrogen) atoms. The van der Waals surface area contributed by atoms with Crippen LogP contribution in [0.1, 0.15) is 6.42 Å². The predicted octanol–water partition coefficient (Wildman–Crippen LogP) is 0.0113. The summed E-state index contributed by atoms with van der Waals surface area (Å²) in [5.41, 5.74) is 0.0308. The van der Waals surface area contributed by atoms with Crippen LogP contribution < -0.4 is 5.32 Å². The summed E-state index contributed by atoms with van der Waals surface area (Å²) in [5, 5.41) is 3.09. The molecular weight excluding hydrogens is 130 g/mol. The van der Waals surface area contributed by atoms with E-state index in [2.05, 4.69) is 5.32 Å². The first-order valence-electron chi connectivity index (χ1n) is 3.60. The van der Waals surface area contributed by atoms with Crippen molar-refractivity contribution in [2.45, 2.75) is 12.0 Å². The summed E-state index contributed by atoms with van der Waals surface area (Å²) in [6, 6.07) is 0. The van der Waals surface area contributed by atoms with Gasteiger partial charge in [0.1, 0.15) is 5.60 Å². The Morgan fingerprint density at radius 2 is 2.30 bits per heavy atom. The molecule has 0 saturated carbocycles. The molecule has 3 nitrogen and oxygen atoms in total. The monoisotopic (exact) mass is 145 g/mol. The molecule has 0 bridgehead atoms. The van der Waals surface area contributed by atoms with Crippen LogP contribution in [0.3, 0.4) is 0 Å². The third-order valence-corrected chi connectivity index (χ3v) is 1.99. The number of rotatable bonds is 4. The van der Waals surface area contributed by atoms with Gasteiger partial charge in [0.2, 0.25) is 0 Å². The van der Waals surface area contributed by atoms with Crippen molar-refractivity contribution in [3.05, 3.63) is 0 Å². The van der Waals surface area contributed by atoms with Gasteiger partial charge in [0.15, 0.2) is 0 Å². The Bertz CT molecular complexity index is 96.3. The van der Waals surface area contributed by atoms with Crippen molar-refractivity contribution in [1.82, 2.24) is 5.32 Å². The highest BCUT2D eigenvalue weighted by molar-refractivity contribution is 4.87. The fourth-order valence-corrected chi connectivity index (χ4v) is 1.05. The normalized spacial score (nSPS) is 22.2. The van der Waals surface area contributed by atoms with Gasteiger partial charge in [-0.2, -0.15) is 0 Å². The van der Waals surface area contributed by atoms with Crippen LogP contribution in [-0.4, -0.2) is 39.5 Å². The number of nitrogens with one attached hydrogen (secondary N) is 1. The fraction of sp³-hybridized carbons (Fsp3) is 1.00. The standard InChI is InChI=1S/C7H15NO2/c1-8-4-3-7(9-2)5-10-6-7/h8H,3-6H2,1-2H3. The van der Waals surface area contributed by atoms with Crippen molar-refractivity contribution in [2.24, 2.45) is 0 Å². The molecule has 0 aromatic carbocycles. The van der Waals surface area contributed by atoms with Gasteiger partial charge in [0.05, 0.1) is 13.2 Å². The average Bonchev–Trinajstić information content (AvgIpc) is 1.87. The number of hydrogen-bond donors (Lipinski definition) is 1. The number of ether oxygens (including phenoxy) is 2. The zero-order valence-electron chi connectivity index (χ0n) is 6.64. The maximum Gasteiger partial charge on any atom is 0.115 e. The molecule has 1 aliphatic heterocycles. The lowest BCUT2D eigenvalue weighted by atomic mass is 9.98. The van der Waals surface area contributed by atoms with Crippen molar-refractivity contribution in [3.63, 3.8) is 0 Å². The SMILES string of the molecule is CNCCC1(OC)COC1. The third kappa shape index (κ3) is 1.48. The molecule has 1 saturated heterocycles. The maximum atomic E-state index is 5.31. The van der Waals surface area contributed by atoms with Crippen LogP contribution in [0.4, 0.5) is 0 Å². The Kier molecular flexibility index (Phi) is 2.65. The van der Waals surface area contributed by atoms with E-state index in [4.69, 9.17) is 9.47 Å². The van der Waals surface area contributed by atoms with E-state index in [0.717, 1.165) is 26.2 Å². The summed E-state index contributed by atoms with van der Waals surface area (Å²) in [6.45, 7) is 2.51. The van der Waals surface area contributed by atoms with Crippen LogP contribution in [-0.2, 0) is 9.47 Å². The highest BCUT2D eigenvalue weighted by atomic mass is 16.6. The molecule has 0 amide bonds. The summed E-state index contributed by atoms with van der Waals surface area (Å²) in [5.74, 6) is 0. The Labute approximate surface area is 61.7 Å². The lowest BCUT2D eigenvalue weighted by molar-refractivity contribution is -0.197. The fourth-order valence-electron chi connectivity index (χ4n) is 1.05. The highest BCUT2D eigenvalue weighted by Gasteiger charge is 2.37. The van der Waals surface area contributed by atoms with Crippen LogP contribution in [0, 0.1) is 0 Å². The molecule has 1 fully saturated rings. The van der Waals surface area contributed by atoms with E-state index in [1.807, 2.05) is 7.05 Å². The highest BCUT2D eigenvalue weighted by Crippen LogP contribution is 2.23. The molecular formula is C7H15NO2. The van der Waals surface area contributed by atoms with Crippen LogP contribution in [0.2, 0.25) is 0 Å². The van der Waals surface area contributed by atoms with Crippen molar-refractivity contribution in [2.75, 3.05) is 33.9 Å². The van der Waals surface area contributed by atoms with Gasteiger partial charge in [-0.25, -0.2) is 0 Å². The largest absolute Gasteiger partial charge is 0.375 e. The maximum absolute atomic E-state index is 5.31. The zero-order chi connectivity index (χ0) is 7.45. The minimum Gasteiger partial charge on any atom is -0.375 e. The van der Waals surface area contributed by atoms with E-state index in [-0.39, 0.29) is 5.60 Å². The predicted molar refractivity (Wildman–Crippen MR) is 39.1 cm³/mol. The van der Waals surface area contributed by atoms with E-state index < -0.39 is 0 Å². The number of methoxy groups -OCH3 is 1. The van der Waals surface area contributed by atoms with Crippen LogP contribution >= 0.6 is 0 Å². The lowest BCUT2D eigenvalue weighted by Gasteiger charge is -2.40. The van der Waals surface area contributed by atoms with Gasteiger partial charge in [0.25, 0.3) is 0 Å². The van der Waals surface area contributed by atoms with Gasteiger partial charge >= 0.3 is 0 Å². The molecule has 0 atom stereocenters. The van der Waals surface area contributed by atoms with E-state index in [0.29, 0.717) is 0 Å². The van der Waals surface area contributed by atoms with Crippen molar-refractivity contribution in [3.8, 4) is 0 Å². The minimum atomic E-state index is 0.0308. The minimum absolute atomic E-state index is 0.0308. The molecule has 0 aromatic rings. The van der Waals surface area contributed by atoms with E-state index in [1.165, 1.54) is 0 Å². The Hall–Kier alpha value is -0.120. The first-order chi connectivity index (χ1) is 4.83. The molecule has 1 N–H and O–H groups in total. The average molecular weight is 145 g/mol. The molecule has 1 rings (SSSR count). The molecule has 3 heteroatoms. The molecule has 0 aliphatic carbocycles. The summed E-state index contributed by atoms with van der Waals surface area (Å²) in [6.07, 6.45) is 1.04. The van der Waals surface area contributed by atoms with Gasteiger partial charge in [-0.1, -0.05) is 0 Å². The van der Waals surface area contributed by atoms with Crippen molar-refractivity contribution in [1.29, 1.82) is 0 Å². The van der Waals surface area contributed by atoms with E-state index in [9.17, 15) is 0 Å². The van der Waals surface area contributed by atoms with Gasteiger partial charge in [-0.15, -0.1) is 0 Å². The molecule has 0 spiro atoms. The Balaban J connectivity index is 2.20. The zero-order valence-corrected chi connectivity index (χ0v) is 6.64. The summed E-state index contributed by atoms with van der Waals surface area (Å²) >= 11 is 0. The topological polar surface area (TPSA) is 30.5 Å². The summed E-state index contributed by atoms with van der Waals surface area (Å²) in [4.78, 5) is 0. The number of hydrogen-bond acceptors (Lipinski definition) is 3. The second kappa shape index (κ2) is 3.32. The smallest absolute Gasteiger partial charge is 0.115 e. The van der Waals surface area contributed by atoms with Gasteiger partial charge in [-0.3, -0.25) is 0 Å². The van der Waals surface area contributed by atoms with Gasteiger partial charge in [0, 0.05) is 7.11 Å².